The van der Waals surface area contributed by atoms with Crippen molar-refractivity contribution in [2.24, 2.45) is 0 Å². The van der Waals surface area contributed by atoms with Gasteiger partial charge in [0.2, 0.25) is 0 Å². The molecule has 0 radical (unpaired) electrons. The van der Waals surface area contributed by atoms with Crippen LogP contribution in [0.15, 0.2) is 61.0 Å². The quantitative estimate of drug-likeness (QED) is 0.505. The topological polar surface area (TPSA) is 84.9 Å². The second-order valence-corrected chi connectivity index (χ2v) is 8.29. The van der Waals surface area contributed by atoms with Gasteiger partial charge in [0.25, 0.3) is 0 Å². The Morgan fingerprint density at radius 3 is 2.10 bits per heavy atom. The third kappa shape index (κ3) is 5.00. The Bertz CT molecular complexity index is 915. The van der Waals surface area contributed by atoms with Gasteiger partial charge in [-0.15, -0.1) is 0 Å². The van der Waals surface area contributed by atoms with Crippen LogP contribution in [-0.4, -0.2) is 35.3 Å². The fraction of sp³-hybridized carbons (Fsp3) is 0.333. The van der Waals surface area contributed by atoms with Crippen LogP contribution in [0.2, 0.25) is 0 Å². The molecule has 0 aliphatic heterocycles. The number of carbonyl (C=O) groups excluding carboxylic acids is 1. The van der Waals surface area contributed by atoms with Crippen molar-refractivity contribution in [3.8, 4) is 11.1 Å². The zero-order chi connectivity index (χ0) is 21.9. The van der Waals surface area contributed by atoms with Crippen LogP contribution in [0.3, 0.4) is 0 Å². The average molecular weight is 409 g/mol. The van der Waals surface area contributed by atoms with Crippen molar-refractivity contribution in [2.45, 2.75) is 44.8 Å². The van der Waals surface area contributed by atoms with Crippen molar-refractivity contribution < 1.29 is 24.2 Å². The Labute approximate surface area is 176 Å². The number of aliphatic carboxylic acids is 1. The first-order valence-corrected chi connectivity index (χ1v) is 9.87. The molecule has 6 heteroatoms. The molecule has 0 aromatic heterocycles. The second kappa shape index (κ2) is 8.61. The number of fused-ring (bicyclic) bond motifs is 3. The van der Waals surface area contributed by atoms with E-state index in [-0.39, 0.29) is 18.2 Å². The van der Waals surface area contributed by atoms with Gasteiger partial charge in [-0.3, -0.25) is 4.79 Å². The van der Waals surface area contributed by atoms with Crippen LogP contribution >= 0.6 is 0 Å². The van der Waals surface area contributed by atoms with E-state index in [4.69, 9.17) is 9.47 Å². The fourth-order valence-electron chi connectivity index (χ4n) is 3.61. The lowest BCUT2D eigenvalue weighted by molar-refractivity contribution is -0.158. The Morgan fingerprint density at radius 2 is 1.60 bits per heavy atom. The lowest BCUT2D eigenvalue weighted by Gasteiger charge is -2.23. The minimum absolute atomic E-state index is 0.0186. The predicted molar refractivity (Wildman–Crippen MR) is 114 cm³/mol. The van der Waals surface area contributed by atoms with E-state index in [0.717, 1.165) is 11.1 Å². The molecule has 2 aromatic rings. The number of esters is 1. The van der Waals surface area contributed by atoms with Gasteiger partial charge in [0, 0.05) is 5.92 Å². The van der Waals surface area contributed by atoms with Crippen molar-refractivity contribution in [3.63, 3.8) is 0 Å². The monoisotopic (exact) mass is 409 g/mol. The Balaban J connectivity index is 1.64. The second-order valence-electron chi connectivity index (χ2n) is 8.29. The molecule has 0 saturated carbocycles. The van der Waals surface area contributed by atoms with Gasteiger partial charge in [-0.1, -0.05) is 48.5 Å². The first kappa shape index (κ1) is 21.4. The first-order valence-electron chi connectivity index (χ1n) is 9.87. The van der Waals surface area contributed by atoms with Crippen LogP contribution < -0.4 is 5.32 Å². The van der Waals surface area contributed by atoms with E-state index >= 15 is 0 Å². The molecular formula is C24H27NO5. The van der Waals surface area contributed by atoms with Gasteiger partial charge < -0.3 is 19.9 Å². The molecule has 1 atom stereocenters. The molecule has 2 aromatic carbocycles. The summed E-state index contributed by atoms with van der Waals surface area (Å²) in [4.78, 5) is 23.6. The van der Waals surface area contributed by atoms with Crippen LogP contribution in [0.4, 0.5) is 0 Å². The predicted octanol–water partition coefficient (Wildman–Crippen LogP) is 4.06. The van der Waals surface area contributed by atoms with Gasteiger partial charge in [0.15, 0.2) is 5.88 Å². The molecule has 158 valence electrons. The van der Waals surface area contributed by atoms with E-state index < -0.39 is 23.6 Å². The molecule has 0 bridgehead atoms. The lowest BCUT2D eigenvalue weighted by atomic mass is 9.98. The molecule has 3 rings (SSSR count). The number of carboxylic acids is 1. The number of benzene rings is 2. The van der Waals surface area contributed by atoms with Gasteiger partial charge >= 0.3 is 11.9 Å². The molecule has 0 spiro atoms. The maximum Gasteiger partial charge on any atom is 0.326 e. The molecule has 1 aliphatic rings. The highest BCUT2D eigenvalue weighted by Crippen LogP contribution is 2.44. The van der Waals surface area contributed by atoms with E-state index in [1.165, 1.54) is 11.1 Å². The minimum Gasteiger partial charge on any atom is -0.480 e. The average Bonchev–Trinajstić information content (AvgIpc) is 2.98. The Kier molecular flexibility index (Phi) is 6.15. The zero-order valence-corrected chi connectivity index (χ0v) is 17.5. The Morgan fingerprint density at radius 1 is 1.07 bits per heavy atom. The normalized spacial score (nSPS) is 13.7. The summed E-state index contributed by atoms with van der Waals surface area (Å²) < 4.78 is 11.0. The minimum atomic E-state index is -1.18. The van der Waals surface area contributed by atoms with Gasteiger partial charge in [0.1, 0.15) is 18.2 Å². The molecule has 1 aliphatic carbocycles. The summed E-state index contributed by atoms with van der Waals surface area (Å²) in [6.45, 7) is 9.28. The van der Waals surface area contributed by atoms with Crippen LogP contribution in [0.25, 0.3) is 11.1 Å². The largest absolute Gasteiger partial charge is 0.480 e. The third-order valence-electron chi connectivity index (χ3n) is 4.81. The van der Waals surface area contributed by atoms with E-state index in [1.54, 1.807) is 20.8 Å². The summed E-state index contributed by atoms with van der Waals surface area (Å²) in [5.74, 6) is -1.66. The molecule has 2 N–H and O–H groups in total. The maximum atomic E-state index is 12.0. The summed E-state index contributed by atoms with van der Waals surface area (Å²) in [5.41, 5.74) is 3.99. The van der Waals surface area contributed by atoms with E-state index in [1.807, 2.05) is 24.3 Å². The fourth-order valence-corrected chi connectivity index (χ4v) is 3.61. The molecule has 0 amide bonds. The van der Waals surface area contributed by atoms with E-state index in [9.17, 15) is 14.7 Å². The molecule has 6 nitrogen and oxygen atoms in total. The van der Waals surface area contributed by atoms with E-state index in [2.05, 4.69) is 36.2 Å². The van der Waals surface area contributed by atoms with Crippen molar-refractivity contribution in [2.75, 3.05) is 6.61 Å². The zero-order valence-electron chi connectivity index (χ0n) is 17.5. The summed E-state index contributed by atoms with van der Waals surface area (Å²) in [6, 6.07) is 15.1. The standard InChI is InChI=1S/C24H27NO5/c1-15(25-21(23(27)28)13-22(26)30-24(2,3)4)29-14-20-18-11-7-5-9-16(18)17-10-6-8-12-19(17)20/h5-12,20-21,25H,1,13-14H2,2-4H3,(H,27,28)/t21-/m0/s1. The number of hydrogen-bond acceptors (Lipinski definition) is 5. The van der Waals surface area contributed by atoms with Crippen molar-refractivity contribution in [1.82, 2.24) is 5.32 Å². The van der Waals surface area contributed by atoms with Gasteiger partial charge in [-0.25, -0.2) is 4.79 Å². The number of ether oxygens (including phenoxy) is 2. The molecule has 0 fully saturated rings. The van der Waals surface area contributed by atoms with Gasteiger partial charge in [-0.05, 0) is 49.6 Å². The van der Waals surface area contributed by atoms with Crippen molar-refractivity contribution in [3.05, 3.63) is 72.1 Å². The molecular weight excluding hydrogens is 382 g/mol. The summed E-state index contributed by atoms with van der Waals surface area (Å²) in [6.07, 6.45) is -0.329. The van der Waals surface area contributed by atoms with Gasteiger partial charge in [-0.2, -0.15) is 0 Å². The highest BCUT2D eigenvalue weighted by Gasteiger charge is 2.29. The van der Waals surface area contributed by atoms with Crippen LogP contribution in [0.5, 0.6) is 0 Å². The SMILES string of the molecule is C=C(N[C@@H](CC(=O)OC(C)(C)C)C(=O)O)OCC1c2ccccc2-c2ccccc21. The van der Waals surface area contributed by atoms with Crippen LogP contribution in [0.1, 0.15) is 44.2 Å². The molecule has 0 heterocycles. The van der Waals surface area contributed by atoms with Gasteiger partial charge in [0.05, 0.1) is 6.42 Å². The molecule has 0 unspecified atom stereocenters. The molecule has 30 heavy (non-hydrogen) atoms. The lowest BCUT2D eigenvalue weighted by Crippen LogP contribution is -2.40. The number of hydrogen-bond donors (Lipinski definition) is 2. The summed E-state index contributed by atoms with van der Waals surface area (Å²) in [7, 11) is 0. The van der Waals surface area contributed by atoms with Crippen LogP contribution in [-0.2, 0) is 19.1 Å². The highest BCUT2D eigenvalue weighted by molar-refractivity contribution is 5.82. The van der Waals surface area contributed by atoms with Crippen molar-refractivity contribution in [1.29, 1.82) is 0 Å². The van der Waals surface area contributed by atoms with E-state index in [0.29, 0.717) is 6.61 Å². The third-order valence-corrected chi connectivity index (χ3v) is 4.81. The number of carbonyl (C=O) groups is 2. The number of nitrogens with one attached hydrogen (secondary N) is 1. The number of rotatable bonds is 8. The molecule has 0 saturated heterocycles. The van der Waals surface area contributed by atoms with Crippen molar-refractivity contribution >= 4 is 11.9 Å². The van der Waals surface area contributed by atoms with Crippen LogP contribution in [0, 0.1) is 0 Å². The smallest absolute Gasteiger partial charge is 0.326 e. The summed E-state index contributed by atoms with van der Waals surface area (Å²) >= 11 is 0. The summed E-state index contributed by atoms with van der Waals surface area (Å²) in [5, 5.41) is 12.1. The Hall–Kier alpha value is -3.28. The number of carboxylic acid groups (broad SMARTS) is 1. The first-order chi connectivity index (χ1) is 14.2. The highest BCUT2D eigenvalue weighted by atomic mass is 16.6. The maximum absolute atomic E-state index is 12.0.